The van der Waals surface area contributed by atoms with Crippen molar-refractivity contribution in [3.8, 4) is 0 Å². The topological polar surface area (TPSA) is 70.2 Å². The van der Waals surface area contributed by atoms with Gasteiger partial charge in [0.15, 0.2) is 0 Å². The van der Waals surface area contributed by atoms with E-state index in [0.717, 1.165) is 37.6 Å². The lowest BCUT2D eigenvalue weighted by Gasteiger charge is -2.31. The van der Waals surface area contributed by atoms with E-state index in [4.69, 9.17) is 11.6 Å². The first-order valence-corrected chi connectivity index (χ1v) is 8.41. The third-order valence-electron chi connectivity index (χ3n) is 4.10. The van der Waals surface area contributed by atoms with Gasteiger partial charge in [0.2, 0.25) is 5.95 Å². The van der Waals surface area contributed by atoms with Gasteiger partial charge in [-0.1, -0.05) is 11.6 Å². The molecule has 7 heteroatoms. The van der Waals surface area contributed by atoms with Crippen molar-refractivity contribution in [2.75, 3.05) is 29.9 Å². The molecule has 2 aromatic rings. The van der Waals surface area contributed by atoms with Crippen LogP contribution in [0.2, 0.25) is 5.02 Å². The van der Waals surface area contributed by atoms with E-state index in [9.17, 15) is 4.79 Å². The number of rotatable bonds is 4. The molecule has 1 fully saturated rings. The van der Waals surface area contributed by atoms with Crippen LogP contribution in [0.15, 0.2) is 42.7 Å². The lowest BCUT2D eigenvalue weighted by molar-refractivity contribution is 0.248. The van der Waals surface area contributed by atoms with Crippen molar-refractivity contribution in [2.24, 2.45) is 5.92 Å². The third kappa shape index (κ3) is 4.58. The Labute approximate surface area is 146 Å². The van der Waals surface area contributed by atoms with Crippen molar-refractivity contribution >= 4 is 29.3 Å². The van der Waals surface area contributed by atoms with Crippen LogP contribution in [0.3, 0.4) is 0 Å². The van der Waals surface area contributed by atoms with Crippen LogP contribution in [0.1, 0.15) is 12.8 Å². The molecule has 1 aliphatic heterocycles. The SMILES string of the molecule is O=C(NCC1CCN(c2ncccn2)CC1)Nc1ccc(Cl)cc1. The largest absolute Gasteiger partial charge is 0.341 e. The Kier molecular flexibility index (Phi) is 5.48. The van der Waals surface area contributed by atoms with E-state index in [1.807, 2.05) is 6.07 Å². The average Bonchev–Trinajstić information content (AvgIpc) is 2.63. The van der Waals surface area contributed by atoms with Gasteiger partial charge in [-0.05, 0) is 49.1 Å². The first-order chi connectivity index (χ1) is 11.7. The van der Waals surface area contributed by atoms with Gasteiger partial charge in [-0.25, -0.2) is 14.8 Å². The fourth-order valence-electron chi connectivity index (χ4n) is 2.74. The highest BCUT2D eigenvalue weighted by atomic mass is 35.5. The van der Waals surface area contributed by atoms with Crippen molar-refractivity contribution in [3.63, 3.8) is 0 Å². The van der Waals surface area contributed by atoms with E-state index < -0.39 is 0 Å². The second-order valence-electron chi connectivity index (χ2n) is 5.82. The van der Waals surface area contributed by atoms with Crippen LogP contribution in [0.25, 0.3) is 0 Å². The van der Waals surface area contributed by atoms with Gasteiger partial charge in [-0.3, -0.25) is 0 Å². The van der Waals surface area contributed by atoms with Gasteiger partial charge in [0.1, 0.15) is 0 Å². The zero-order valence-corrected chi connectivity index (χ0v) is 14.0. The minimum Gasteiger partial charge on any atom is -0.341 e. The van der Waals surface area contributed by atoms with Crippen molar-refractivity contribution in [1.82, 2.24) is 15.3 Å². The average molecular weight is 346 g/mol. The Bertz CT molecular complexity index is 656. The Morgan fingerprint density at radius 3 is 2.50 bits per heavy atom. The van der Waals surface area contributed by atoms with Crippen LogP contribution in [0, 0.1) is 5.92 Å². The number of nitrogens with zero attached hydrogens (tertiary/aromatic N) is 3. The Balaban J connectivity index is 1.40. The highest BCUT2D eigenvalue weighted by Crippen LogP contribution is 2.19. The zero-order valence-electron chi connectivity index (χ0n) is 13.3. The number of hydrogen-bond donors (Lipinski definition) is 2. The standard InChI is InChI=1S/C17H20ClN5O/c18-14-2-4-15(5-3-14)22-17(24)21-12-13-6-10-23(11-7-13)16-19-8-1-9-20-16/h1-5,8-9,13H,6-7,10-12H2,(H2,21,22,24). The van der Waals surface area contributed by atoms with Gasteiger partial charge in [0, 0.05) is 42.7 Å². The first kappa shape index (κ1) is 16.5. The summed E-state index contributed by atoms with van der Waals surface area (Å²) in [6.45, 7) is 2.49. The smallest absolute Gasteiger partial charge is 0.319 e. The number of benzene rings is 1. The molecule has 2 heterocycles. The van der Waals surface area contributed by atoms with Crippen molar-refractivity contribution in [2.45, 2.75) is 12.8 Å². The maximum absolute atomic E-state index is 11.9. The van der Waals surface area contributed by atoms with Gasteiger partial charge in [-0.2, -0.15) is 0 Å². The van der Waals surface area contributed by atoms with Crippen LogP contribution >= 0.6 is 11.6 Å². The summed E-state index contributed by atoms with van der Waals surface area (Å²) in [6, 6.07) is 8.68. The molecule has 0 radical (unpaired) electrons. The van der Waals surface area contributed by atoms with Gasteiger partial charge < -0.3 is 15.5 Å². The van der Waals surface area contributed by atoms with Gasteiger partial charge in [0.25, 0.3) is 0 Å². The number of carbonyl (C=O) groups excluding carboxylic acids is 1. The van der Waals surface area contributed by atoms with Gasteiger partial charge in [-0.15, -0.1) is 0 Å². The number of halogens is 1. The van der Waals surface area contributed by atoms with E-state index in [1.165, 1.54) is 0 Å². The summed E-state index contributed by atoms with van der Waals surface area (Å²) in [5.74, 6) is 1.25. The minimum atomic E-state index is -0.189. The van der Waals surface area contributed by atoms with Crippen LogP contribution in [0.4, 0.5) is 16.4 Å². The zero-order chi connectivity index (χ0) is 16.8. The predicted molar refractivity (Wildman–Crippen MR) is 95.4 cm³/mol. The summed E-state index contributed by atoms with van der Waals surface area (Å²) >= 11 is 5.83. The molecule has 3 rings (SSSR count). The number of aromatic nitrogens is 2. The molecule has 1 saturated heterocycles. The molecule has 0 unspecified atom stereocenters. The molecule has 0 saturated carbocycles. The van der Waals surface area contributed by atoms with E-state index in [1.54, 1.807) is 36.7 Å². The van der Waals surface area contributed by atoms with Gasteiger partial charge in [0.05, 0.1) is 0 Å². The summed E-state index contributed by atoms with van der Waals surface area (Å²) in [6.07, 6.45) is 5.55. The second-order valence-corrected chi connectivity index (χ2v) is 6.26. The maximum atomic E-state index is 11.9. The molecule has 1 aromatic carbocycles. The lowest BCUT2D eigenvalue weighted by atomic mass is 9.97. The highest BCUT2D eigenvalue weighted by molar-refractivity contribution is 6.30. The third-order valence-corrected chi connectivity index (χ3v) is 4.35. The van der Waals surface area contributed by atoms with E-state index in [2.05, 4.69) is 25.5 Å². The molecule has 0 atom stereocenters. The van der Waals surface area contributed by atoms with E-state index in [0.29, 0.717) is 17.5 Å². The normalized spacial score (nSPS) is 15.1. The summed E-state index contributed by atoms with van der Waals surface area (Å²) in [5.41, 5.74) is 0.730. The molecule has 0 aliphatic carbocycles. The molecule has 6 nitrogen and oxygen atoms in total. The molecule has 0 bridgehead atoms. The molecule has 2 N–H and O–H groups in total. The number of nitrogens with one attached hydrogen (secondary N) is 2. The Hall–Kier alpha value is -2.34. The Morgan fingerprint density at radius 2 is 1.83 bits per heavy atom. The molecular weight excluding hydrogens is 326 g/mol. The molecule has 1 aliphatic rings. The predicted octanol–water partition coefficient (Wildman–Crippen LogP) is 3.17. The second kappa shape index (κ2) is 7.97. The number of piperidine rings is 1. The quantitative estimate of drug-likeness (QED) is 0.893. The number of carbonyl (C=O) groups is 1. The fourth-order valence-corrected chi connectivity index (χ4v) is 2.86. The minimum absolute atomic E-state index is 0.189. The van der Waals surface area contributed by atoms with Crippen LogP contribution < -0.4 is 15.5 Å². The monoisotopic (exact) mass is 345 g/mol. The molecule has 2 amide bonds. The number of anilines is 2. The molecule has 1 aromatic heterocycles. The van der Waals surface area contributed by atoms with E-state index in [-0.39, 0.29) is 6.03 Å². The molecule has 24 heavy (non-hydrogen) atoms. The number of hydrogen-bond acceptors (Lipinski definition) is 4. The van der Waals surface area contributed by atoms with Gasteiger partial charge >= 0.3 is 6.03 Å². The van der Waals surface area contributed by atoms with E-state index >= 15 is 0 Å². The van der Waals surface area contributed by atoms with Crippen LogP contribution in [0.5, 0.6) is 0 Å². The first-order valence-electron chi connectivity index (χ1n) is 8.03. The summed E-state index contributed by atoms with van der Waals surface area (Å²) < 4.78 is 0. The Morgan fingerprint density at radius 1 is 1.17 bits per heavy atom. The maximum Gasteiger partial charge on any atom is 0.319 e. The summed E-state index contributed by atoms with van der Waals surface area (Å²) in [4.78, 5) is 22.7. The van der Waals surface area contributed by atoms with Crippen molar-refractivity contribution in [1.29, 1.82) is 0 Å². The molecule has 126 valence electrons. The summed E-state index contributed by atoms with van der Waals surface area (Å²) in [5, 5.41) is 6.39. The number of urea groups is 1. The molecular formula is C17H20ClN5O. The highest BCUT2D eigenvalue weighted by Gasteiger charge is 2.21. The summed E-state index contributed by atoms with van der Waals surface area (Å²) in [7, 11) is 0. The number of amides is 2. The molecule has 0 spiro atoms. The lowest BCUT2D eigenvalue weighted by Crippen LogP contribution is -2.40. The van der Waals surface area contributed by atoms with Crippen LogP contribution in [-0.4, -0.2) is 35.6 Å². The van der Waals surface area contributed by atoms with Crippen molar-refractivity contribution < 1.29 is 4.79 Å². The van der Waals surface area contributed by atoms with Crippen LogP contribution in [-0.2, 0) is 0 Å². The van der Waals surface area contributed by atoms with Crippen molar-refractivity contribution in [3.05, 3.63) is 47.7 Å². The fraction of sp³-hybridized carbons (Fsp3) is 0.353.